The molecule has 1 aliphatic heterocycles. The monoisotopic (exact) mass is 439 g/mol. The third-order valence-electron chi connectivity index (χ3n) is 4.52. The smallest absolute Gasteiger partial charge is 0.349 e. The van der Waals surface area contributed by atoms with Crippen molar-refractivity contribution in [3.05, 3.63) is 39.7 Å². The molecular weight excluding hydrogens is 422 g/mol. The van der Waals surface area contributed by atoms with E-state index >= 15 is 0 Å². The Hall–Kier alpha value is -2.08. The molecule has 1 atom stereocenters. The molecule has 4 heterocycles. The van der Waals surface area contributed by atoms with Crippen LogP contribution in [0.5, 0.6) is 0 Å². The second-order valence-electron chi connectivity index (χ2n) is 6.23. The maximum Gasteiger partial charge on any atom is 0.349 e. The Labute approximate surface area is 169 Å². The summed E-state index contributed by atoms with van der Waals surface area (Å²) in [5, 5.41) is 11.7. The molecule has 0 amide bonds. The van der Waals surface area contributed by atoms with Crippen molar-refractivity contribution >= 4 is 38.7 Å². The van der Waals surface area contributed by atoms with Gasteiger partial charge in [-0.3, -0.25) is 0 Å². The SMILES string of the molecule is COC(=O)c1sccc1S(=O)(=O)N1CCCC(c2nnc(-c3cccs3)o2)C1. The predicted octanol–water partition coefficient (Wildman–Crippen LogP) is 3.21. The van der Waals surface area contributed by atoms with E-state index in [4.69, 9.17) is 9.15 Å². The average molecular weight is 440 g/mol. The summed E-state index contributed by atoms with van der Waals surface area (Å²) in [5.74, 6) is 0.0298. The van der Waals surface area contributed by atoms with Crippen molar-refractivity contribution in [1.29, 1.82) is 0 Å². The molecule has 1 saturated heterocycles. The molecule has 0 aliphatic carbocycles. The van der Waals surface area contributed by atoms with Crippen molar-refractivity contribution < 1.29 is 22.4 Å². The van der Waals surface area contributed by atoms with Gasteiger partial charge in [-0.2, -0.15) is 4.31 Å². The number of rotatable bonds is 5. The van der Waals surface area contributed by atoms with Crippen LogP contribution in [0.2, 0.25) is 0 Å². The van der Waals surface area contributed by atoms with Gasteiger partial charge < -0.3 is 9.15 Å². The third-order valence-corrected chi connectivity index (χ3v) is 8.31. The standard InChI is InChI=1S/C17H17N3O5S3/c1-24-17(21)14-13(6-9-27-14)28(22,23)20-7-2-4-11(10-20)15-18-19-16(25-15)12-5-3-8-26-12/h3,5-6,8-9,11H,2,4,7,10H2,1H3. The quantitative estimate of drug-likeness (QED) is 0.562. The largest absolute Gasteiger partial charge is 0.465 e. The van der Waals surface area contributed by atoms with Crippen molar-refractivity contribution in [2.24, 2.45) is 0 Å². The molecule has 0 aromatic carbocycles. The van der Waals surface area contributed by atoms with Gasteiger partial charge in [0, 0.05) is 13.1 Å². The van der Waals surface area contributed by atoms with E-state index in [0.717, 1.165) is 22.6 Å². The van der Waals surface area contributed by atoms with Crippen LogP contribution in [0.15, 0.2) is 38.3 Å². The summed E-state index contributed by atoms with van der Waals surface area (Å²) < 4.78 is 38.1. The number of carbonyl (C=O) groups is 1. The highest BCUT2D eigenvalue weighted by Gasteiger charge is 2.36. The fourth-order valence-corrected chi connectivity index (χ4v) is 6.62. The third kappa shape index (κ3) is 3.50. The fourth-order valence-electron chi connectivity index (χ4n) is 3.14. The van der Waals surface area contributed by atoms with E-state index in [0.29, 0.717) is 24.7 Å². The molecule has 0 saturated carbocycles. The van der Waals surface area contributed by atoms with Gasteiger partial charge in [-0.15, -0.1) is 32.9 Å². The van der Waals surface area contributed by atoms with Gasteiger partial charge in [0.15, 0.2) is 0 Å². The van der Waals surface area contributed by atoms with Crippen LogP contribution in [0.4, 0.5) is 0 Å². The number of nitrogens with zero attached hydrogens (tertiary/aromatic N) is 3. The van der Waals surface area contributed by atoms with E-state index in [2.05, 4.69) is 10.2 Å². The number of hydrogen-bond donors (Lipinski definition) is 0. The second kappa shape index (κ2) is 7.74. The van der Waals surface area contributed by atoms with Crippen LogP contribution in [0.1, 0.15) is 34.3 Å². The van der Waals surface area contributed by atoms with Gasteiger partial charge in [-0.05, 0) is 35.7 Å². The molecule has 4 rings (SSSR count). The molecule has 0 spiro atoms. The van der Waals surface area contributed by atoms with Crippen molar-refractivity contribution in [3.8, 4) is 10.8 Å². The van der Waals surface area contributed by atoms with Gasteiger partial charge in [0.25, 0.3) is 5.89 Å². The number of sulfonamides is 1. The highest BCUT2D eigenvalue weighted by atomic mass is 32.2. The Bertz CT molecular complexity index is 1070. The Balaban J connectivity index is 1.57. The van der Waals surface area contributed by atoms with Crippen LogP contribution < -0.4 is 0 Å². The van der Waals surface area contributed by atoms with Crippen LogP contribution >= 0.6 is 22.7 Å². The van der Waals surface area contributed by atoms with Crippen molar-refractivity contribution in [2.75, 3.05) is 20.2 Å². The normalized spacial score (nSPS) is 18.2. The topological polar surface area (TPSA) is 103 Å². The molecule has 148 valence electrons. The van der Waals surface area contributed by atoms with E-state index in [-0.39, 0.29) is 22.2 Å². The van der Waals surface area contributed by atoms with Gasteiger partial charge in [-0.25, -0.2) is 13.2 Å². The molecule has 11 heteroatoms. The molecule has 0 radical (unpaired) electrons. The molecule has 1 aliphatic rings. The lowest BCUT2D eigenvalue weighted by molar-refractivity contribution is 0.0602. The minimum Gasteiger partial charge on any atom is -0.465 e. The van der Waals surface area contributed by atoms with Gasteiger partial charge in [-0.1, -0.05) is 6.07 Å². The van der Waals surface area contributed by atoms with E-state index in [1.165, 1.54) is 28.8 Å². The molecule has 28 heavy (non-hydrogen) atoms. The number of methoxy groups -OCH3 is 1. The second-order valence-corrected chi connectivity index (χ2v) is 10.0. The lowest BCUT2D eigenvalue weighted by atomic mass is 10.00. The molecule has 1 unspecified atom stereocenters. The van der Waals surface area contributed by atoms with Crippen molar-refractivity contribution in [3.63, 3.8) is 0 Å². The maximum atomic E-state index is 13.1. The van der Waals surface area contributed by atoms with Crippen LogP contribution in [0, 0.1) is 0 Å². The Morgan fingerprint density at radius 2 is 2.14 bits per heavy atom. The van der Waals surface area contributed by atoms with E-state index in [1.807, 2.05) is 17.5 Å². The molecular formula is C17H17N3O5S3. The zero-order chi connectivity index (χ0) is 19.7. The van der Waals surface area contributed by atoms with Gasteiger partial charge in [0.05, 0.1) is 17.9 Å². The molecule has 0 bridgehead atoms. The summed E-state index contributed by atoms with van der Waals surface area (Å²) in [6.07, 6.45) is 1.42. The number of esters is 1. The summed E-state index contributed by atoms with van der Waals surface area (Å²) in [5.41, 5.74) is 0. The van der Waals surface area contributed by atoms with Gasteiger partial charge >= 0.3 is 5.97 Å². The van der Waals surface area contributed by atoms with Gasteiger partial charge in [0.2, 0.25) is 15.9 Å². The predicted molar refractivity (Wildman–Crippen MR) is 104 cm³/mol. The zero-order valence-corrected chi connectivity index (χ0v) is 17.3. The highest BCUT2D eigenvalue weighted by molar-refractivity contribution is 7.89. The van der Waals surface area contributed by atoms with Crippen molar-refractivity contribution in [2.45, 2.75) is 23.7 Å². The summed E-state index contributed by atoms with van der Waals surface area (Å²) in [4.78, 5) is 12.8. The first-order valence-electron chi connectivity index (χ1n) is 8.54. The van der Waals surface area contributed by atoms with E-state index in [9.17, 15) is 13.2 Å². The number of carbonyl (C=O) groups excluding carboxylic acids is 1. The molecule has 1 fully saturated rings. The minimum atomic E-state index is -3.83. The zero-order valence-electron chi connectivity index (χ0n) is 14.9. The summed E-state index contributed by atoms with van der Waals surface area (Å²) in [6.45, 7) is 0.603. The molecule has 8 nitrogen and oxygen atoms in total. The minimum absolute atomic E-state index is 0.0187. The molecule has 3 aromatic rings. The summed E-state index contributed by atoms with van der Waals surface area (Å²) >= 11 is 2.55. The number of piperidine rings is 1. The number of aromatic nitrogens is 2. The van der Waals surface area contributed by atoms with Crippen molar-refractivity contribution in [1.82, 2.24) is 14.5 Å². The summed E-state index contributed by atoms with van der Waals surface area (Å²) in [7, 11) is -2.59. The first-order valence-corrected chi connectivity index (χ1v) is 11.7. The lowest BCUT2D eigenvalue weighted by Gasteiger charge is -2.30. The Morgan fingerprint density at radius 1 is 1.29 bits per heavy atom. The highest BCUT2D eigenvalue weighted by Crippen LogP contribution is 2.33. The summed E-state index contributed by atoms with van der Waals surface area (Å²) in [6, 6.07) is 5.24. The van der Waals surface area contributed by atoms with E-state index in [1.54, 1.807) is 5.38 Å². The lowest BCUT2D eigenvalue weighted by Crippen LogP contribution is -2.39. The fraction of sp³-hybridized carbons (Fsp3) is 0.353. The first kappa shape index (κ1) is 19.2. The molecule has 3 aromatic heterocycles. The molecule has 0 N–H and O–H groups in total. The van der Waals surface area contributed by atoms with Gasteiger partial charge in [0.1, 0.15) is 9.77 Å². The number of thiophene rings is 2. The van der Waals surface area contributed by atoms with Crippen LogP contribution in [0.25, 0.3) is 10.8 Å². The van der Waals surface area contributed by atoms with Crippen LogP contribution in [-0.2, 0) is 14.8 Å². The van der Waals surface area contributed by atoms with Crippen LogP contribution in [-0.4, -0.2) is 49.1 Å². The Morgan fingerprint density at radius 3 is 2.89 bits per heavy atom. The Kier molecular flexibility index (Phi) is 5.32. The average Bonchev–Trinajstić information content (AvgIpc) is 3.48. The number of ether oxygens (including phenoxy) is 1. The maximum absolute atomic E-state index is 13.1. The van der Waals surface area contributed by atoms with Crippen LogP contribution in [0.3, 0.4) is 0 Å². The number of hydrogen-bond acceptors (Lipinski definition) is 9. The first-order chi connectivity index (χ1) is 13.5. The van der Waals surface area contributed by atoms with E-state index < -0.39 is 16.0 Å².